The number of carbonyl (C=O) groups excluding carboxylic acids is 1. The Kier molecular flexibility index (Phi) is 4.91. The minimum absolute atomic E-state index is 0.142. The molecule has 1 N–H and O–H groups in total. The average molecular weight is 324 g/mol. The van der Waals surface area contributed by atoms with Crippen LogP contribution in [-0.2, 0) is 11.3 Å². The Morgan fingerprint density at radius 1 is 1.08 bits per heavy atom. The molecule has 2 aromatic rings. The lowest BCUT2D eigenvalue weighted by molar-refractivity contribution is -0.127. The number of hydrogen-bond acceptors (Lipinski definition) is 2. The second-order valence-electron chi connectivity index (χ2n) is 7.93. The fourth-order valence-corrected chi connectivity index (χ4v) is 3.50. The van der Waals surface area contributed by atoms with Crippen molar-refractivity contribution < 1.29 is 4.79 Å². The zero-order chi connectivity index (χ0) is 17.2. The van der Waals surface area contributed by atoms with Crippen molar-refractivity contribution in [3.8, 4) is 0 Å². The summed E-state index contributed by atoms with van der Waals surface area (Å²) in [6, 6.07) is 15.1. The Morgan fingerprint density at radius 2 is 1.75 bits per heavy atom. The molecule has 3 rings (SSSR count). The minimum Gasteiger partial charge on any atom is -0.351 e. The molecule has 1 amide bonds. The van der Waals surface area contributed by atoms with Gasteiger partial charge in [0.25, 0.3) is 0 Å². The van der Waals surface area contributed by atoms with Crippen LogP contribution in [0.3, 0.4) is 0 Å². The molecule has 3 heteroatoms. The van der Waals surface area contributed by atoms with Crippen molar-refractivity contribution in [1.29, 1.82) is 0 Å². The first kappa shape index (κ1) is 17.0. The first-order valence-corrected chi connectivity index (χ1v) is 8.93. The number of fused-ring (bicyclic) bond motifs is 1. The summed E-state index contributed by atoms with van der Waals surface area (Å²) < 4.78 is 0. The maximum atomic E-state index is 12.3. The molecule has 1 aliphatic rings. The summed E-state index contributed by atoms with van der Waals surface area (Å²) in [5, 5.41) is 5.76. The third-order valence-corrected chi connectivity index (χ3v) is 4.73. The molecule has 0 saturated carbocycles. The highest BCUT2D eigenvalue weighted by atomic mass is 16.2. The highest BCUT2D eigenvalue weighted by Gasteiger charge is 2.27. The number of amides is 1. The van der Waals surface area contributed by atoms with Crippen molar-refractivity contribution in [3.63, 3.8) is 0 Å². The van der Waals surface area contributed by atoms with Gasteiger partial charge >= 0.3 is 0 Å². The molecule has 1 aliphatic heterocycles. The maximum Gasteiger partial charge on any atom is 0.223 e. The summed E-state index contributed by atoms with van der Waals surface area (Å²) in [5.41, 5.74) is 1.24. The van der Waals surface area contributed by atoms with Gasteiger partial charge in [-0.2, -0.15) is 0 Å². The highest BCUT2D eigenvalue weighted by molar-refractivity contribution is 5.85. The van der Waals surface area contributed by atoms with Crippen molar-refractivity contribution in [2.45, 2.75) is 45.7 Å². The van der Waals surface area contributed by atoms with Gasteiger partial charge in [-0.1, -0.05) is 42.5 Å². The number of likely N-dealkylation sites (tertiary alicyclic amines) is 1. The number of carbonyl (C=O) groups is 1. The topological polar surface area (TPSA) is 32.3 Å². The fourth-order valence-electron chi connectivity index (χ4n) is 3.50. The minimum atomic E-state index is -0.142. The van der Waals surface area contributed by atoms with Crippen LogP contribution in [0.1, 0.15) is 39.2 Å². The van der Waals surface area contributed by atoms with Gasteiger partial charge < -0.3 is 5.32 Å². The normalized spacial score (nSPS) is 17.1. The van der Waals surface area contributed by atoms with Crippen LogP contribution in [0, 0.1) is 5.92 Å². The van der Waals surface area contributed by atoms with Crippen LogP contribution in [0.2, 0.25) is 0 Å². The van der Waals surface area contributed by atoms with E-state index in [0.29, 0.717) is 0 Å². The van der Waals surface area contributed by atoms with Crippen LogP contribution in [0.5, 0.6) is 0 Å². The number of nitrogens with one attached hydrogen (secondary N) is 1. The predicted octanol–water partition coefficient (Wildman–Crippen LogP) is 3.97. The molecular weight excluding hydrogens is 296 g/mol. The van der Waals surface area contributed by atoms with Gasteiger partial charge in [-0.05, 0) is 63.0 Å². The van der Waals surface area contributed by atoms with E-state index >= 15 is 0 Å². The Hall–Kier alpha value is -1.87. The van der Waals surface area contributed by atoms with E-state index in [1.165, 1.54) is 16.3 Å². The van der Waals surface area contributed by atoms with Crippen LogP contribution < -0.4 is 5.32 Å². The van der Waals surface area contributed by atoms with Gasteiger partial charge in [0.05, 0.1) is 0 Å². The highest BCUT2D eigenvalue weighted by Crippen LogP contribution is 2.24. The van der Waals surface area contributed by atoms with E-state index in [9.17, 15) is 4.79 Å². The van der Waals surface area contributed by atoms with Gasteiger partial charge in [-0.15, -0.1) is 0 Å². The second-order valence-corrected chi connectivity index (χ2v) is 7.93. The molecule has 1 saturated heterocycles. The van der Waals surface area contributed by atoms with Crippen LogP contribution in [-0.4, -0.2) is 29.4 Å². The monoisotopic (exact) mass is 324 g/mol. The number of nitrogens with zero attached hydrogens (tertiary/aromatic N) is 1. The Balaban J connectivity index is 1.60. The molecule has 0 atom stereocenters. The Labute approximate surface area is 145 Å². The van der Waals surface area contributed by atoms with Crippen molar-refractivity contribution >= 4 is 16.7 Å². The van der Waals surface area contributed by atoms with Gasteiger partial charge in [0, 0.05) is 18.0 Å². The second kappa shape index (κ2) is 6.94. The fraction of sp³-hybridized carbons (Fsp3) is 0.476. The predicted molar refractivity (Wildman–Crippen MR) is 99.8 cm³/mol. The molecular formula is C21H28N2O. The Bertz CT molecular complexity index is 704. The number of rotatable bonds is 3. The number of piperidine rings is 1. The zero-order valence-corrected chi connectivity index (χ0v) is 15.0. The van der Waals surface area contributed by atoms with Gasteiger partial charge in [0.2, 0.25) is 5.91 Å². The van der Waals surface area contributed by atoms with Crippen LogP contribution in [0.15, 0.2) is 42.5 Å². The first-order chi connectivity index (χ1) is 11.4. The number of benzene rings is 2. The smallest absolute Gasteiger partial charge is 0.223 e. The first-order valence-electron chi connectivity index (χ1n) is 8.93. The largest absolute Gasteiger partial charge is 0.351 e. The summed E-state index contributed by atoms with van der Waals surface area (Å²) in [4.78, 5) is 14.8. The van der Waals surface area contributed by atoms with E-state index in [-0.39, 0.29) is 17.4 Å². The number of hydrogen-bond donors (Lipinski definition) is 1. The molecule has 2 aromatic carbocycles. The maximum absolute atomic E-state index is 12.3. The standard InChI is InChI=1S/C21H28N2O/c1-21(2,3)22-20(24)17-11-13-23(14-12-17)15-18-9-6-8-16-7-4-5-10-19(16)18/h4-10,17H,11-15H2,1-3H3,(H,22,24). The van der Waals surface area contributed by atoms with Gasteiger partial charge in [0.15, 0.2) is 0 Å². The van der Waals surface area contributed by atoms with Gasteiger partial charge in [-0.3, -0.25) is 9.69 Å². The van der Waals surface area contributed by atoms with Crippen molar-refractivity contribution in [2.75, 3.05) is 13.1 Å². The van der Waals surface area contributed by atoms with Crippen LogP contribution >= 0.6 is 0 Å². The molecule has 0 spiro atoms. The van der Waals surface area contributed by atoms with Gasteiger partial charge in [-0.25, -0.2) is 0 Å². The van der Waals surface area contributed by atoms with E-state index in [2.05, 4.69) is 52.7 Å². The van der Waals surface area contributed by atoms with Crippen LogP contribution in [0.25, 0.3) is 10.8 Å². The molecule has 1 heterocycles. The molecule has 0 aromatic heterocycles. The Morgan fingerprint density at radius 3 is 2.46 bits per heavy atom. The lowest BCUT2D eigenvalue weighted by Gasteiger charge is -2.33. The van der Waals surface area contributed by atoms with Crippen LogP contribution in [0.4, 0.5) is 0 Å². The third kappa shape index (κ3) is 4.15. The lowest BCUT2D eigenvalue weighted by atomic mass is 9.94. The van der Waals surface area contributed by atoms with Crippen molar-refractivity contribution in [2.24, 2.45) is 5.92 Å². The van der Waals surface area contributed by atoms with Crippen molar-refractivity contribution in [1.82, 2.24) is 10.2 Å². The van der Waals surface area contributed by atoms with E-state index < -0.39 is 0 Å². The molecule has 3 nitrogen and oxygen atoms in total. The van der Waals surface area contributed by atoms with E-state index in [4.69, 9.17) is 0 Å². The summed E-state index contributed by atoms with van der Waals surface area (Å²) in [6.07, 6.45) is 1.90. The zero-order valence-electron chi connectivity index (χ0n) is 15.0. The van der Waals surface area contributed by atoms with Gasteiger partial charge in [0.1, 0.15) is 0 Å². The molecule has 0 bridgehead atoms. The molecule has 128 valence electrons. The quantitative estimate of drug-likeness (QED) is 0.926. The summed E-state index contributed by atoms with van der Waals surface area (Å²) in [5.74, 6) is 0.375. The SMILES string of the molecule is CC(C)(C)NC(=O)C1CCN(Cc2cccc3ccccc23)CC1. The molecule has 1 fully saturated rings. The van der Waals surface area contributed by atoms with E-state index in [1.807, 2.05) is 20.8 Å². The molecule has 0 radical (unpaired) electrons. The third-order valence-electron chi connectivity index (χ3n) is 4.73. The average Bonchev–Trinajstić information content (AvgIpc) is 2.54. The lowest BCUT2D eigenvalue weighted by Crippen LogP contribution is -2.46. The summed E-state index contributed by atoms with van der Waals surface area (Å²) in [6.45, 7) is 9.08. The molecule has 24 heavy (non-hydrogen) atoms. The van der Waals surface area contributed by atoms with E-state index in [1.54, 1.807) is 0 Å². The van der Waals surface area contributed by atoms with Crippen molar-refractivity contribution in [3.05, 3.63) is 48.0 Å². The summed E-state index contributed by atoms with van der Waals surface area (Å²) >= 11 is 0. The molecule has 0 aliphatic carbocycles. The summed E-state index contributed by atoms with van der Waals surface area (Å²) in [7, 11) is 0. The van der Waals surface area contributed by atoms with E-state index in [0.717, 1.165) is 32.5 Å². The molecule has 0 unspecified atom stereocenters.